The topological polar surface area (TPSA) is 26.3 Å². The Kier molecular flexibility index (Phi) is 12.8. The van der Waals surface area contributed by atoms with Crippen LogP contribution in [-0.4, -0.2) is 11.6 Å². The molecule has 0 aromatic heterocycles. The van der Waals surface area contributed by atoms with Crippen LogP contribution in [0.1, 0.15) is 86.0 Å². The van der Waals surface area contributed by atoms with Gasteiger partial charge in [-0.25, -0.2) is 0 Å². The van der Waals surface area contributed by atoms with E-state index in [9.17, 15) is 4.79 Å². The molecular formula is C16H33ClO2. The first-order valence-corrected chi connectivity index (χ1v) is 7.59. The summed E-state index contributed by atoms with van der Waals surface area (Å²) in [6.07, 6.45) is 10.0. The van der Waals surface area contributed by atoms with Crippen molar-refractivity contribution >= 4 is 18.4 Å². The van der Waals surface area contributed by atoms with E-state index in [0.717, 1.165) is 12.8 Å². The molecule has 1 unspecified atom stereocenters. The molecule has 0 aliphatic carbocycles. The van der Waals surface area contributed by atoms with Gasteiger partial charge in [0.05, 0.1) is 5.92 Å². The molecule has 0 amide bonds. The minimum absolute atomic E-state index is 0. The number of esters is 1. The van der Waals surface area contributed by atoms with Crippen LogP contribution in [0.2, 0.25) is 0 Å². The van der Waals surface area contributed by atoms with Crippen molar-refractivity contribution in [3.05, 3.63) is 0 Å². The highest BCUT2D eigenvalue weighted by Crippen LogP contribution is 2.17. The Hall–Kier alpha value is -0.240. The zero-order valence-electron chi connectivity index (χ0n) is 13.5. The fraction of sp³-hybridized carbons (Fsp3) is 0.938. The van der Waals surface area contributed by atoms with Crippen LogP contribution in [0.3, 0.4) is 0 Å². The fourth-order valence-corrected chi connectivity index (χ4v) is 1.93. The van der Waals surface area contributed by atoms with Crippen molar-refractivity contribution in [3.63, 3.8) is 0 Å². The summed E-state index contributed by atoms with van der Waals surface area (Å²) in [6.45, 7) is 9.98. The molecule has 0 aliphatic heterocycles. The number of carbonyl (C=O) groups is 1. The van der Waals surface area contributed by atoms with Gasteiger partial charge in [0.25, 0.3) is 0 Å². The van der Waals surface area contributed by atoms with Gasteiger partial charge < -0.3 is 4.74 Å². The maximum Gasteiger partial charge on any atom is 0.309 e. The van der Waals surface area contributed by atoms with Crippen LogP contribution in [0.5, 0.6) is 0 Å². The molecule has 116 valence electrons. The van der Waals surface area contributed by atoms with E-state index in [1.54, 1.807) is 0 Å². The molecule has 0 bridgehead atoms. The van der Waals surface area contributed by atoms with E-state index in [1.165, 1.54) is 38.5 Å². The van der Waals surface area contributed by atoms with E-state index in [2.05, 4.69) is 6.92 Å². The van der Waals surface area contributed by atoms with E-state index in [-0.39, 0.29) is 29.9 Å². The largest absolute Gasteiger partial charge is 0.460 e. The monoisotopic (exact) mass is 292 g/mol. The molecule has 0 saturated carbocycles. The third-order valence-corrected chi connectivity index (χ3v) is 3.05. The van der Waals surface area contributed by atoms with Crippen molar-refractivity contribution in [2.24, 2.45) is 5.92 Å². The fourth-order valence-electron chi connectivity index (χ4n) is 1.93. The summed E-state index contributed by atoms with van der Waals surface area (Å²) >= 11 is 0. The normalized spacial score (nSPS) is 12.7. The molecule has 1 atom stereocenters. The Morgan fingerprint density at radius 3 is 1.95 bits per heavy atom. The van der Waals surface area contributed by atoms with E-state index in [4.69, 9.17) is 4.74 Å². The van der Waals surface area contributed by atoms with E-state index in [0.29, 0.717) is 0 Å². The molecule has 0 saturated heterocycles. The first-order chi connectivity index (χ1) is 8.37. The van der Waals surface area contributed by atoms with Crippen LogP contribution in [-0.2, 0) is 9.53 Å². The average Bonchev–Trinajstić information content (AvgIpc) is 2.25. The number of hydrogen-bond acceptors (Lipinski definition) is 2. The zero-order valence-corrected chi connectivity index (χ0v) is 14.3. The standard InChI is InChI=1S/C16H32O2.ClH/c1-6-7-8-9-10-11-12-13-14(2)15(17)18-16(3,4)5;/h14H,6-13H2,1-5H3;1H. The third-order valence-electron chi connectivity index (χ3n) is 3.05. The quantitative estimate of drug-likeness (QED) is 0.413. The Morgan fingerprint density at radius 2 is 1.47 bits per heavy atom. The Morgan fingerprint density at radius 1 is 1.00 bits per heavy atom. The van der Waals surface area contributed by atoms with Gasteiger partial charge in [-0.3, -0.25) is 4.79 Å². The Balaban J connectivity index is 0. The Bertz CT molecular complexity index is 221. The summed E-state index contributed by atoms with van der Waals surface area (Å²) in [7, 11) is 0. The molecule has 0 spiro atoms. The second kappa shape index (κ2) is 11.6. The number of hydrogen-bond donors (Lipinski definition) is 0. The van der Waals surface area contributed by atoms with Crippen LogP contribution >= 0.6 is 12.4 Å². The highest BCUT2D eigenvalue weighted by molar-refractivity contribution is 5.85. The van der Waals surface area contributed by atoms with Gasteiger partial charge in [-0.2, -0.15) is 0 Å². The van der Waals surface area contributed by atoms with Crippen LogP contribution < -0.4 is 0 Å². The van der Waals surface area contributed by atoms with Crippen molar-refractivity contribution in [1.29, 1.82) is 0 Å². The second-order valence-electron chi connectivity index (χ2n) is 6.34. The van der Waals surface area contributed by atoms with Crippen LogP contribution in [0.4, 0.5) is 0 Å². The molecule has 0 aromatic rings. The summed E-state index contributed by atoms with van der Waals surface area (Å²) in [5.74, 6) is -0.00616. The lowest BCUT2D eigenvalue weighted by molar-refractivity contribution is -0.159. The summed E-state index contributed by atoms with van der Waals surface area (Å²) in [5.41, 5.74) is -0.356. The van der Waals surface area contributed by atoms with Crippen molar-refractivity contribution in [2.75, 3.05) is 0 Å². The Labute approximate surface area is 126 Å². The summed E-state index contributed by atoms with van der Waals surface area (Å²) in [5, 5.41) is 0. The third kappa shape index (κ3) is 14.0. The first kappa shape index (κ1) is 21.1. The van der Waals surface area contributed by atoms with Crippen LogP contribution in [0.25, 0.3) is 0 Å². The SMILES string of the molecule is CCCCCCCCCC(C)C(=O)OC(C)(C)C.Cl. The average molecular weight is 293 g/mol. The summed E-state index contributed by atoms with van der Waals surface area (Å²) < 4.78 is 5.37. The molecule has 0 heterocycles. The lowest BCUT2D eigenvalue weighted by atomic mass is 10.0. The maximum atomic E-state index is 11.7. The molecule has 2 nitrogen and oxygen atoms in total. The molecule has 0 aromatic carbocycles. The van der Waals surface area contributed by atoms with E-state index >= 15 is 0 Å². The predicted molar refractivity (Wildman–Crippen MR) is 84.9 cm³/mol. The van der Waals surface area contributed by atoms with Gasteiger partial charge in [0.15, 0.2) is 0 Å². The number of rotatable bonds is 9. The molecule has 0 radical (unpaired) electrons. The molecule has 0 aliphatic rings. The lowest BCUT2D eigenvalue weighted by Gasteiger charge is -2.22. The number of ether oxygens (including phenoxy) is 1. The molecule has 0 fully saturated rings. The smallest absolute Gasteiger partial charge is 0.309 e. The number of halogens is 1. The molecule has 0 N–H and O–H groups in total. The predicted octanol–water partition coefficient (Wildman–Crippen LogP) is 5.53. The van der Waals surface area contributed by atoms with E-state index in [1.807, 2.05) is 27.7 Å². The molecule has 19 heavy (non-hydrogen) atoms. The van der Waals surface area contributed by atoms with Crippen molar-refractivity contribution in [3.8, 4) is 0 Å². The van der Waals surface area contributed by atoms with Gasteiger partial charge in [-0.1, -0.05) is 58.8 Å². The van der Waals surface area contributed by atoms with Gasteiger partial charge in [0, 0.05) is 0 Å². The minimum Gasteiger partial charge on any atom is -0.460 e. The van der Waals surface area contributed by atoms with Crippen LogP contribution in [0, 0.1) is 5.92 Å². The highest BCUT2D eigenvalue weighted by atomic mass is 35.5. The first-order valence-electron chi connectivity index (χ1n) is 7.59. The van der Waals surface area contributed by atoms with Gasteiger partial charge in [0.2, 0.25) is 0 Å². The molecular weight excluding hydrogens is 260 g/mol. The number of carbonyl (C=O) groups excluding carboxylic acids is 1. The summed E-state index contributed by atoms with van der Waals surface area (Å²) in [6, 6.07) is 0. The molecule has 0 rings (SSSR count). The van der Waals surface area contributed by atoms with Gasteiger partial charge >= 0.3 is 5.97 Å². The van der Waals surface area contributed by atoms with Gasteiger partial charge in [0.1, 0.15) is 5.60 Å². The lowest BCUT2D eigenvalue weighted by Crippen LogP contribution is -2.27. The highest BCUT2D eigenvalue weighted by Gasteiger charge is 2.20. The van der Waals surface area contributed by atoms with Gasteiger partial charge in [-0.15, -0.1) is 12.4 Å². The van der Waals surface area contributed by atoms with Gasteiger partial charge in [-0.05, 0) is 27.2 Å². The maximum absolute atomic E-state index is 11.7. The van der Waals surface area contributed by atoms with E-state index < -0.39 is 0 Å². The molecule has 3 heteroatoms. The number of unbranched alkanes of at least 4 members (excludes halogenated alkanes) is 6. The second-order valence-corrected chi connectivity index (χ2v) is 6.34. The zero-order chi connectivity index (χ0) is 14.0. The summed E-state index contributed by atoms with van der Waals surface area (Å²) in [4.78, 5) is 11.7. The van der Waals surface area contributed by atoms with Crippen LogP contribution in [0.15, 0.2) is 0 Å². The minimum atomic E-state index is -0.356. The van der Waals surface area contributed by atoms with Crippen molar-refractivity contribution in [2.45, 2.75) is 91.6 Å². The van der Waals surface area contributed by atoms with Crippen molar-refractivity contribution < 1.29 is 9.53 Å². The van der Waals surface area contributed by atoms with Crippen molar-refractivity contribution in [1.82, 2.24) is 0 Å².